The van der Waals surface area contributed by atoms with Crippen LogP contribution in [0.4, 0.5) is 28.4 Å². The summed E-state index contributed by atoms with van der Waals surface area (Å²) >= 11 is 0. The van der Waals surface area contributed by atoms with Gasteiger partial charge in [-0.25, -0.2) is 0 Å². The summed E-state index contributed by atoms with van der Waals surface area (Å²) in [6.45, 7) is 2.48. The summed E-state index contributed by atoms with van der Waals surface area (Å²) in [7, 11) is 1.99. The fourth-order valence-electron chi connectivity index (χ4n) is 6.23. The van der Waals surface area contributed by atoms with Gasteiger partial charge in [-0.2, -0.15) is 0 Å². The maximum Gasteiger partial charge on any atom is 0.255 e. The zero-order valence-electron chi connectivity index (χ0n) is 24.7. The lowest BCUT2D eigenvalue weighted by Crippen LogP contribution is -2.35. The van der Waals surface area contributed by atoms with E-state index in [9.17, 15) is 14.7 Å². The molecule has 0 aliphatic carbocycles. The first kappa shape index (κ1) is 27.7. The number of fused-ring (bicyclic) bond motifs is 2. The minimum Gasteiger partial charge on any atom is -0.393 e. The molecule has 2 aliphatic heterocycles. The van der Waals surface area contributed by atoms with E-state index >= 15 is 0 Å². The monoisotopic (exact) mass is 585 g/mol. The number of nitrogens with zero attached hydrogens (tertiary/aromatic N) is 3. The van der Waals surface area contributed by atoms with Gasteiger partial charge < -0.3 is 30.1 Å². The van der Waals surface area contributed by atoms with Crippen LogP contribution >= 0.6 is 0 Å². The summed E-state index contributed by atoms with van der Waals surface area (Å²) in [6.07, 6.45) is 4.22. The molecular weight excluding hydrogens is 550 g/mol. The number of benzene rings is 4. The van der Waals surface area contributed by atoms with Gasteiger partial charge in [-0.3, -0.25) is 9.59 Å². The third-order valence-electron chi connectivity index (χ3n) is 8.78. The Morgan fingerprint density at radius 3 is 2.16 bits per heavy atom. The molecule has 7 rings (SSSR count). The highest BCUT2D eigenvalue weighted by atomic mass is 16.3. The highest BCUT2D eigenvalue weighted by Crippen LogP contribution is 2.37. The van der Waals surface area contributed by atoms with Gasteiger partial charge in [0.2, 0.25) is 0 Å². The van der Waals surface area contributed by atoms with Gasteiger partial charge in [0.15, 0.2) is 0 Å². The number of aryl methyl sites for hydroxylation is 1. The fourth-order valence-corrected chi connectivity index (χ4v) is 6.23. The SMILES string of the molecule is Cn1ccc2cc(C(=O)Nc3ccc(N4CCc5ccc(NC(=O)c6ccc(N7CCC(O)CC7)cc6)cc54)cc3)ccc21. The van der Waals surface area contributed by atoms with Crippen LogP contribution in [0, 0.1) is 0 Å². The summed E-state index contributed by atoms with van der Waals surface area (Å²) in [4.78, 5) is 30.5. The van der Waals surface area contributed by atoms with Crippen LogP contribution < -0.4 is 20.4 Å². The first-order chi connectivity index (χ1) is 21.4. The Hall–Kier alpha value is -5.08. The van der Waals surface area contributed by atoms with Crippen LogP contribution in [0.5, 0.6) is 0 Å². The highest BCUT2D eigenvalue weighted by Gasteiger charge is 2.22. The minimum absolute atomic E-state index is 0.142. The Morgan fingerprint density at radius 2 is 1.39 bits per heavy atom. The van der Waals surface area contributed by atoms with Crippen LogP contribution in [0.25, 0.3) is 10.9 Å². The van der Waals surface area contributed by atoms with Crippen molar-refractivity contribution in [3.8, 4) is 0 Å². The standard InChI is InChI=1S/C36H35N5O3/c1-39-18-14-26-22-27(5-13-33(26)39)36(44)37-28-7-11-31(12-8-28)41-21-15-24-2-6-29(23-34(24)41)38-35(43)25-3-9-30(10-4-25)40-19-16-32(42)17-20-40/h2-14,18,22-23,32,42H,15-17,19-21H2,1H3,(H,37,44)(H,38,43). The second-order valence-corrected chi connectivity index (χ2v) is 11.7. The van der Waals surface area contributed by atoms with Crippen molar-refractivity contribution in [1.82, 2.24) is 4.57 Å². The van der Waals surface area contributed by atoms with Crippen molar-refractivity contribution in [3.63, 3.8) is 0 Å². The van der Waals surface area contributed by atoms with Crippen molar-refractivity contribution in [1.29, 1.82) is 0 Å². The van der Waals surface area contributed by atoms with E-state index in [0.717, 1.165) is 78.2 Å². The van der Waals surface area contributed by atoms with Gasteiger partial charge in [0.1, 0.15) is 0 Å². The largest absolute Gasteiger partial charge is 0.393 e. The van der Waals surface area contributed by atoms with Crippen molar-refractivity contribution in [2.45, 2.75) is 25.4 Å². The van der Waals surface area contributed by atoms with Crippen LogP contribution in [0.15, 0.2) is 97.2 Å². The number of aliphatic hydroxyl groups is 1. The molecule has 44 heavy (non-hydrogen) atoms. The first-order valence-corrected chi connectivity index (χ1v) is 15.1. The van der Waals surface area contributed by atoms with Crippen molar-refractivity contribution in [2.24, 2.45) is 7.05 Å². The van der Waals surface area contributed by atoms with Gasteiger partial charge in [-0.1, -0.05) is 6.07 Å². The Labute approximate surface area is 256 Å². The van der Waals surface area contributed by atoms with E-state index in [1.807, 2.05) is 103 Å². The number of aromatic nitrogens is 1. The number of rotatable bonds is 6. The molecule has 3 N–H and O–H groups in total. The molecule has 2 aliphatic rings. The van der Waals surface area contributed by atoms with Gasteiger partial charge in [-0.05, 0) is 110 Å². The third kappa shape index (κ3) is 5.52. The van der Waals surface area contributed by atoms with Crippen molar-refractivity contribution in [2.75, 3.05) is 40.1 Å². The number of piperidine rings is 1. The Kier molecular flexibility index (Phi) is 7.28. The summed E-state index contributed by atoms with van der Waals surface area (Å²) in [5.74, 6) is -0.294. The molecule has 0 saturated carbocycles. The number of nitrogens with one attached hydrogen (secondary N) is 2. The minimum atomic E-state index is -0.215. The van der Waals surface area contributed by atoms with E-state index in [1.165, 1.54) is 5.56 Å². The molecule has 5 aromatic rings. The van der Waals surface area contributed by atoms with Gasteiger partial charge in [0.25, 0.3) is 11.8 Å². The van der Waals surface area contributed by atoms with Gasteiger partial charge in [0.05, 0.1) is 6.10 Å². The van der Waals surface area contributed by atoms with Gasteiger partial charge in [0, 0.05) is 83.3 Å². The fraction of sp³-hybridized carbons (Fsp3) is 0.222. The molecule has 4 aromatic carbocycles. The number of carbonyl (C=O) groups excluding carboxylic acids is 2. The number of anilines is 5. The average molecular weight is 586 g/mol. The molecule has 1 aromatic heterocycles. The lowest BCUT2D eigenvalue weighted by molar-refractivity contribution is 0.101. The van der Waals surface area contributed by atoms with Crippen molar-refractivity contribution in [3.05, 3.63) is 114 Å². The summed E-state index contributed by atoms with van der Waals surface area (Å²) < 4.78 is 2.03. The second kappa shape index (κ2) is 11.5. The molecule has 0 bridgehead atoms. The molecule has 8 heteroatoms. The predicted molar refractivity (Wildman–Crippen MR) is 176 cm³/mol. The smallest absolute Gasteiger partial charge is 0.255 e. The summed E-state index contributed by atoms with van der Waals surface area (Å²) in [6, 6.07) is 29.3. The number of amides is 2. The normalized spacial score (nSPS) is 15.0. The van der Waals surface area contributed by atoms with Crippen LogP contribution in [0.3, 0.4) is 0 Å². The van der Waals surface area contributed by atoms with E-state index in [1.54, 1.807) is 0 Å². The van der Waals surface area contributed by atoms with E-state index < -0.39 is 0 Å². The van der Waals surface area contributed by atoms with Crippen LogP contribution in [-0.4, -0.2) is 47.2 Å². The van der Waals surface area contributed by atoms with Gasteiger partial charge >= 0.3 is 0 Å². The molecule has 0 atom stereocenters. The zero-order chi connectivity index (χ0) is 30.2. The molecule has 3 heterocycles. The van der Waals surface area contributed by atoms with Crippen molar-refractivity contribution < 1.29 is 14.7 Å². The van der Waals surface area contributed by atoms with Crippen LogP contribution in [0.1, 0.15) is 39.1 Å². The molecule has 222 valence electrons. The molecule has 0 unspecified atom stereocenters. The maximum absolute atomic E-state index is 13.1. The number of hydrogen-bond acceptors (Lipinski definition) is 5. The number of aliphatic hydroxyl groups excluding tert-OH is 1. The highest BCUT2D eigenvalue weighted by molar-refractivity contribution is 6.06. The van der Waals surface area contributed by atoms with E-state index in [2.05, 4.69) is 26.5 Å². The molecule has 1 fully saturated rings. The lowest BCUT2D eigenvalue weighted by atomic mass is 10.1. The Morgan fingerprint density at radius 1 is 0.727 bits per heavy atom. The van der Waals surface area contributed by atoms with E-state index in [4.69, 9.17) is 0 Å². The molecule has 0 spiro atoms. The zero-order valence-corrected chi connectivity index (χ0v) is 24.7. The Bertz CT molecular complexity index is 1840. The van der Waals surface area contributed by atoms with Crippen molar-refractivity contribution >= 4 is 51.2 Å². The summed E-state index contributed by atoms with van der Waals surface area (Å²) in [5.41, 5.74) is 8.18. The molecule has 0 radical (unpaired) electrons. The summed E-state index contributed by atoms with van der Waals surface area (Å²) in [5, 5.41) is 16.9. The third-order valence-corrected chi connectivity index (χ3v) is 8.78. The molecule has 8 nitrogen and oxygen atoms in total. The first-order valence-electron chi connectivity index (χ1n) is 15.1. The van der Waals surface area contributed by atoms with Crippen LogP contribution in [0.2, 0.25) is 0 Å². The van der Waals surface area contributed by atoms with Gasteiger partial charge in [-0.15, -0.1) is 0 Å². The second-order valence-electron chi connectivity index (χ2n) is 11.7. The topological polar surface area (TPSA) is 89.8 Å². The van der Waals surface area contributed by atoms with E-state index in [0.29, 0.717) is 11.1 Å². The van der Waals surface area contributed by atoms with Crippen LogP contribution in [-0.2, 0) is 13.5 Å². The lowest BCUT2D eigenvalue weighted by Gasteiger charge is -2.31. The Balaban J connectivity index is 1.01. The average Bonchev–Trinajstić information content (AvgIpc) is 3.64. The van der Waals surface area contributed by atoms with E-state index in [-0.39, 0.29) is 17.9 Å². The molecular formula is C36H35N5O3. The maximum atomic E-state index is 13.1. The molecule has 1 saturated heterocycles. The number of carbonyl (C=O) groups is 2. The molecule has 2 amide bonds. The predicted octanol–water partition coefficient (Wildman–Crippen LogP) is 6.34. The number of hydrogen-bond donors (Lipinski definition) is 3. The quantitative estimate of drug-likeness (QED) is 0.217.